The van der Waals surface area contributed by atoms with Crippen molar-refractivity contribution in [2.45, 2.75) is 42.6 Å². The minimum atomic E-state index is -0.926. The Morgan fingerprint density at radius 1 is 1.21 bits per heavy atom. The van der Waals surface area contributed by atoms with Crippen molar-refractivity contribution < 1.29 is 32.7 Å². The van der Waals surface area contributed by atoms with Crippen molar-refractivity contribution in [1.82, 2.24) is 24.8 Å². The van der Waals surface area contributed by atoms with Crippen LogP contribution in [0.1, 0.15) is 29.8 Å². The predicted octanol–water partition coefficient (Wildman–Crippen LogP) is 3.99. The number of anilines is 1. The van der Waals surface area contributed by atoms with Gasteiger partial charge >= 0.3 is 6.01 Å². The summed E-state index contributed by atoms with van der Waals surface area (Å²) < 4.78 is 52.6. The largest absolute Gasteiger partial charge is 0.508 e. The molecule has 0 aliphatic carbocycles. The van der Waals surface area contributed by atoms with Crippen molar-refractivity contribution >= 4 is 57.4 Å². The van der Waals surface area contributed by atoms with E-state index in [0.717, 1.165) is 29.3 Å². The number of piperazine rings is 1. The molecule has 2 N–H and O–H groups in total. The summed E-state index contributed by atoms with van der Waals surface area (Å²) in [4.78, 5) is 36.2. The third-order valence-corrected chi connectivity index (χ3v) is 11.8. The Morgan fingerprint density at radius 3 is 2.81 bits per heavy atom. The zero-order valence-corrected chi connectivity index (χ0v) is 29.7. The number of aromatic nitrogens is 4. The number of hydrogen-bond acceptors (Lipinski definition) is 10. The number of phenolic OH excluding ortho intramolecular Hbond substituents is 1. The third kappa shape index (κ3) is 6.16. The number of carbonyl (C=O) groups is 1. The fourth-order valence-electron chi connectivity index (χ4n) is 8.07. The molecule has 10 nitrogen and oxygen atoms in total. The van der Waals surface area contributed by atoms with Crippen molar-refractivity contribution in [3.05, 3.63) is 64.2 Å². The molecular formula is C37H35F3N7O3S2+. The molecular weight excluding hydrogens is 712 g/mol. The minimum absolute atomic E-state index is 0.0741. The number of hydrogen-bond donors (Lipinski definition) is 3. The number of carbonyl (C=O) groups excluding carboxylic acids is 1. The zero-order chi connectivity index (χ0) is 36.1. The maximum Gasteiger partial charge on any atom is 0.319 e. The topological polar surface area (TPSA) is 109 Å². The molecule has 3 aliphatic heterocycles. The number of nitrogens with zero attached hydrogens (tertiary/aromatic N) is 6. The fraction of sp³-hybridized carbons (Fsp3) is 0.378. The van der Waals surface area contributed by atoms with Crippen LogP contribution in [0.25, 0.3) is 32.9 Å². The van der Waals surface area contributed by atoms with Gasteiger partial charge in [0.05, 0.1) is 27.8 Å². The van der Waals surface area contributed by atoms with Crippen molar-refractivity contribution in [2.75, 3.05) is 50.8 Å². The highest BCUT2D eigenvalue weighted by Crippen LogP contribution is 2.39. The van der Waals surface area contributed by atoms with Gasteiger partial charge in [-0.3, -0.25) is 9.78 Å². The molecule has 3 aliphatic rings. The minimum Gasteiger partial charge on any atom is -0.508 e. The number of thiol groups is 1. The number of amides is 1. The van der Waals surface area contributed by atoms with Gasteiger partial charge in [0.15, 0.2) is 12.0 Å². The lowest BCUT2D eigenvalue weighted by molar-refractivity contribution is -0.926. The normalized spacial score (nSPS) is 22.1. The average molecular weight is 747 g/mol. The summed E-state index contributed by atoms with van der Waals surface area (Å²) in [5.41, 5.74) is -0.693. The van der Waals surface area contributed by atoms with Gasteiger partial charge in [-0.05, 0) is 23.6 Å². The lowest BCUT2D eigenvalue weighted by Crippen LogP contribution is -3.16. The maximum absolute atomic E-state index is 16.9. The van der Waals surface area contributed by atoms with E-state index >= 15 is 4.39 Å². The Bertz CT molecular complexity index is 2230. The molecule has 0 spiro atoms. The van der Waals surface area contributed by atoms with E-state index in [-0.39, 0.29) is 52.0 Å². The van der Waals surface area contributed by atoms with E-state index in [9.17, 15) is 18.7 Å². The Labute approximate surface area is 307 Å². The summed E-state index contributed by atoms with van der Waals surface area (Å²) in [6, 6.07) is 5.29. The van der Waals surface area contributed by atoms with Crippen molar-refractivity contribution in [3.63, 3.8) is 0 Å². The average Bonchev–Trinajstić information content (AvgIpc) is 3.87. The predicted molar refractivity (Wildman–Crippen MR) is 195 cm³/mol. The van der Waals surface area contributed by atoms with E-state index in [1.807, 2.05) is 10.3 Å². The molecule has 1 unspecified atom stereocenters. The third-order valence-electron chi connectivity index (χ3n) is 10.6. The molecule has 4 atom stereocenters. The monoisotopic (exact) mass is 746 g/mol. The van der Waals surface area contributed by atoms with E-state index in [1.165, 1.54) is 41.8 Å². The number of benzene rings is 2. The molecule has 2 aromatic carbocycles. The van der Waals surface area contributed by atoms with Gasteiger partial charge in [0.1, 0.15) is 47.3 Å². The quantitative estimate of drug-likeness (QED) is 0.162. The summed E-state index contributed by atoms with van der Waals surface area (Å²) in [5, 5.41) is 13.7. The molecule has 3 saturated heterocycles. The molecule has 0 radical (unpaired) electrons. The molecule has 6 heterocycles. The highest BCUT2D eigenvalue weighted by Gasteiger charge is 2.54. The van der Waals surface area contributed by atoms with Gasteiger partial charge in [0.25, 0.3) is 0 Å². The van der Waals surface area contributed by atoms with Crippen LogP contribution in [-0.4, -0.2) is 98.7 Å². The zero-order valence-electron chi connectivity index (χ0n) is 28.0. The van der Waals surface area contributed by atoms with Crippen LogP contribution in [0.3, 0.4) is 0 Å². The second-order valence-electron chi connectivity index (χ2n) is 13.7. The van der Waals surface area contributed by atoms with Crippen LogP contribution in [0, 0.1) is 24.0 Å². The molecule has 0 saturated carbocycles. The highest BCUT2D eigenvalue weighted by atomic mass is 32.1. The van der Waals surface area contributed by atoms with Gasteiger partial charge in [-0.1, -0.05) is 12.0 Å². The van der Waals surface area contributed by atoms with Crippen LogP contribution in [0.15, 0.2) is 42.0 Å². The summed E-state index contributed by atoms with van der Waals surface area (Å²) >= 11 is 6.04. The van der Waals surface area contributed by atoms with E-state index in [2.05, 4.69) is 33.5 Å². The Kier molecular flexibility index (Phi) is 9.09. The van der Waals surface area contributed by atoms with Gasteiger partial charge < -0.3 is 24.5 Å². The van der Waals surface area contributed by atoms with Crippen molar-refractivity contribution in [2.24, 2.45) is 0 Å². The number of nitrogens with one attached hydrogen (secondary N) is 1. The number of quaternary nitrogens is 1. The molecule has 8 rings (SSSR count). The number of thiazole rings is 1. The lowest BCUT2D eigenvalue weighted by Gasteiger charge is -2.36. The van der Waals surface area contributed by atoms with Crippen LogP contribution >= 0.6 is 24.0 Å². The fourth-order valence-corrected chi connectivity index (χ4v) is 9.19. The number of alkyl halides is 1. The first-order valence-electron chi connectivity index (χ1n) is 17.1. The highest BCUT2D eigenvalue weighted by molar-refractivity contribution is 7.81. The van der Waals surface area contributed by atoms with Gasteiger partial charge in [-0.15, -0.1) is 17.8 Å². The van der Waals surface area contributed by atoms with E-state index in [0.29, 0.717) is 62.2 Å². The van der Waals surface area contributed by atoms with Crippen LogP contribution in [0.5, 0.6) is 11.8 Å². The number of phenols is 1. The Morgan fingerprint density at radius 2 is 2.04 bits per heavy atom. The molecule has 0 bridgehead atoms. The number of terminal acetylenes is 1. The second kappa shape index (κ2) is 13.7. The molecule has 3 aromatic heterocycles. The Hall–Kier alpha value is -4.65. The van der Waals surface area contributed by atoms with Crippen molar-refractivity contribution in [3.8, 4) is 35.4 Å². The number of fused-ring (bicyclic) bond motifs is 3. The first-order chi connectivity index (χ1) is 25.1. The van der Waals surface area contributed by atoms with Crippen LogP contribution < -0.4 is 14.5 Å². The molecule has 15 heteroatoms. The molecule has 3 fully saturated rings. The van der Waals surface area contributed by atoms with E-state index in [1.54, 1.807) is 11.1 Å². The maximum atomic E-state index is 16.9. The first-order valence-corrected chi connectivity index (χ1v) is 18.5. The molecule has 52 heavy (non-hydrogen) atoms. The summed E-state index contributed by atoms with van der Waals surface area (Å²) in [5.74, 6) is 0.940. The van der Waals surface area contributed by atoms with Crippen molar-refractivity contribution in [1.29, 1.82) is 0 Å². The van der Waals surface area contributed by atoms with Gasteiger partial charge in [0, 0.05) is 80.6 Å². The summed E-state index contributed by atoms with van der Waals surface area (Å²) in [6.07, 6.45) is 10.5. The van der Waals surface area contributed by atoms with Crippen LogP contribution in [0.4, 0.5) is 19.0 Å². The number of ether oxygens (including phenoxy) is 1. The molecule has 268 valence electrons. The smallest absolute Gasteiger partial charge is 0.319 e. The summed E-state index contributed by atoms with van der Waals surface area (Å²) in [6.45, 7) is 2.96. The van der Waals surface area contributed by atoms with Crippen LogP contribution in [0.2, 0.25) is 0 Å². The second-order valence-corrected chi connectivity index (χ2v) is 15.3. The number of aromatic hydroxyl groups is 1. The number of pyridine rings is 1. The van der Waals surface area contributed by atoms with E-state index in [4.69, 9.17) is 16.1 Å². The van der Waals surface area contributed by atoms with E-state index < -0.39 is 28.6 Å². The number of halogens is 3. The van der Waals surface area contributed by atoms with Gasteiger partial charge in [-0.25, -0.2) is 18.2 Å². The molecule has 5 aromatic rings. The summed E-state index contributed by atoms with van der Waals surface area (Å²) in [7, 11) is 0. The standard InChI is InChI=1S/C37H34F3N7O3S2/c1-2-24-27(39)5-4-21-14-23(48)15-25(30(21)24)32-31(40)33-26(18-42-32)34(44-36(43-33)50-20-37-6-3-8-47(37)19-22(38)17-37)45-9-11-46(12-10-45)35(49)28(51)16-29-41-7-13-52-29/h1,4-5,7,13-15,18,22,28,48,51H,3,6,8-12,16-17,19-20H2/p+1/t22-,28+,37+/m1/s1. The van der Waals surface area contributed by atoms with Crippen LogP contribution in [-0.2, 0) is 11.2 Å². The SMILES string of the molecule is C#Cc1c(F)ccc2cc(O)cc(-c3ncc4c(N5CCN(C(=O)[C@@H](S)Cc6nccs6)CC5)nc(OC[C@@]56CCC[NH+]5C[C@H](F)C6)nc4c3F)c12. The van der Waals surface area contributed by atoms with Gasteiger partial charge in [-0.2, -0.15) is 22.6 Å². The first kappa shape index (κ1) is 34.4. The van der Waals surface area contributed by atoms with Gasteiger partial charge in [0.2, 0.25) is 5.91 Å². The number of rotatable bonds is 8. The lowest BCUT2D eigenvalue weighted by atomic mass is 9.95. The Balaban J connectivity index is 1.16. The molecule has 1 amide bonds.